The zero-order valence-corrected chi connectivity index (χ0v) is 12.4. The molecule has 0 aliphatic carbocycles. The summed E-state index contributed by atoms with van der Waals surface area (Å²) in [6.45, 7) is 1.66. The van der Waals surface area contributed by atoms with Gasteiger partial charge in [-0.1, -0.05) is 17.7 Å². The molecule has 0 bridgehead atoms. The van der Waals surface area contributed by atoms with Crippen LogP contribution in [0.25, 0.3) is 0 Å². The van der Waals surface area contributed by atoms with Gasteiger partial charge in [-0.25, -0.2) is 4.31 Å². The minimum Gasteiger partial charge on any atom is -0.358 e. The van der Waals surface area contributed by atoms with E-state index >= 15 is 0 Å². The van der Waals surface area contributed by atoms with E-state index in [2.05, 4.69) is 5.32 Å². The number of carbonyl (C=O) groups excluding carboxylic acids is 1. The number of carbonyl (C=O) groups is 1. The molecular weight excluding hydrogens is 266 g/mol. The lowest BCUT2D eigenvalue weighted by atomic mass is 10.2. The van der Waals surface area contributed by atoms with E-state index in [9.17, 15) is 13.2 Å². The zero-order valence-electron chi connectivity index (χ0n) is 11.5. The predicted octanol–water partition coefficient (Wildman–Crippen LogP) is 0.354. The average molecular weight is 285 g/mol. The lowest BCUT2D eigenvalue weighted by Gasteiger charge is -2.26. The molecule has 106 valence electrons. The van der Waals surface area contributed by atoms with Gasteiger partial charge in [-0.05, 0) is 19.1 Å². The topological polar surface area (TPSA) is 69.7 Å². The molecule has 0 aliphatic rings. The second-order valence-corrected chi connectivity index (χ2v) is 6.37. The van der Waals surface area contributed by atoms with Crippen LogP contribution in [0.3, 0.4) is 0 Å². The van der Waals surface area contributed by atoms with E-state index < -0.39 is 10.2 Å². The van der Waals surface area contributed by atoms with Crippen LogP contribution >= 0.6 is 0 Å². The maximum atomic E-state index is 12.2. The first-order valence-electron chi connectivity index (χ1n) is 5.76. The summed E-state index contributed by atoms with van der Waals surface area (Å²) < 4.78 is 26.6. The Morgan fingerprint density at radius 3 is 2.16 bits per heavy atom. The van der Waals surface area contributed by atoms with Gasteiger partial charge >= 0.3 is 10.2 Å². The van der Waals surface area contributed by atoms with Crippen LogP contribution in [0.15, 0.2) is 24.3 Å². The lowest BCUT2D eigenvalue weighted by molar-refractivity contribution is -0.119. The number of rotatable bonds is 5. The van der Waals surface area contributed by atoms with Gasteiger partial charge in [0.15, 0.2) is 0 Å². The fraction of sp³-hybridized carbons (Fsp3) is 0.417. The molecule has 0 unspecified atom stereocenters. The largest absolute Gasteiger partial charge is 0.358 e. The van der Waals surface area contributed by atoms with Gasteiger partial charge in [-0.15, -0.1) is 0 Å². The Hall–Kier alpha value is -1.60. The van der Waals surface area contributed by atoms with Gasteiger partial charge in [0.25, 0.3) is 0 Å². The number of benzene rings is 1. The molecule has 0 atom stereocenters. The molecule has 0 aromatic heterocycles. The van der Waals surface area contributed by atoms with Crippen molar-refractivity contribution < 1.29 is 13.2 Å². The van der Waals surface area contributed by atoms with Gasteiger partial charge < -0.3 is 5.32 Å². The highest BCUT2D eigenvalue weighted by Crippen LogP contribution is 2.19. The molecule has 1 amide bonds. The van der Waals surface area contributed by atoms with Crippen LogP contribution < -0.4 is 9.62 Å². The summed E-state index contributed by atoms with van der Waals surface area (Å²) in [5.41, 5.74) is 1.48. The third-order valence-electron chi connectivity index (χ3n) is 2.63. The molecule has 0 saturated heterocycles. The van der Waals surface area contributed by atoms with Crippen molar-refractivity contribution >= 4 is 21.8 Å². The molecule has 19 heavy (non-hydrogen) atoms. The number of hydrogen-bond donors (Lipinski definition) is 1. The molecule has 1 aromatic carbocycles. The van der Waals surface area contributed by atoms with Crippen molar-refractivity contribution in [2.24, 2.45) is 0 Å². The van der Waals surface area contributed by atoms with E-state index in [1.54, 1.807) is 24.3 Å². The molecule has 1 N–H and O–H groups in total. The second-order valence-electron chi connectivity index (χ2n) is 4.31. The third kappa shape index (κ3) is 3.68. The lowest BCUT2D eigenvalue weighted by Crippen LogP contribution is -2.45. The summed E-state index contributed by atoms with van der Waals surface area (Å²) in [7, 11) is 0.628. The molecule has 0 aliphatic heterocycles. The van der Waals surface area contributed by atoms with Crippen LogP contribution in [0.2, 0.25) is 0 Å². The van der Waals surface area contributed by atoms with Gasteiger partial charge in [0.05, 0.1) is 5.69 Å². The van der Waals surface area contributed by atoms with Crippen molar-refractivity contribution in [1.82, 2.24) is 9.62 Å². The highest BCUT2D eigenvalue weighted by molar-refractivity contribution is 7.90. The van der Waals surface area contributed by atoms with Crippen molar-refractivity contribution in [3.8, 4) is 0 Å². The standard InChI is InChI=1S/C12H19N3O3S/c1-10-5-7-11(8-6-10)15(9-12(16)13-2)19(17,18)14(3)4/h5-8H,9H2,1-4H3,(H,13,16). The van der Waals surface area contributed by atoms with Crippen molar-refractivity contribution in [3.05, 3.63) is 29.8 Å². The normalized spacial score (nSPS) is 11.4. The summed E-state index contributed by atoms with van der Waals surface area (Å²) in [6.07, 6.45) is 0. The monoisotopic (exact) mass is 285 g/mol. The van der Waals surface area contributed by atoms with E-state index in [1.807, 2.05) is 6.92 Å². The van der Waals surface area contributed by atoms with Crippen molar-refractivity contribution in [2.45, 2.75) is 6.92 Å². The Kier molecular flexibility index (Phi) is 4.90. The van der Waals surface area contributed by atoms with Gasteiger partial charge in [0.2, 0.25) is 5.91 Å². The van der Waals surface area contributed by atoms with Crippen LogP contribution in [-0.2, 0) is 15.0 Å². The molecule has 0 saturated carbocycles. The van der Waals surface area contributed by atoms with Crippen molar-refractivity contribution in [3.63, 3.8) is 0 Å². The molecule has 0 heterocycles. The first-order chi connectivity index (χ1) is 8.78. The van der Waals surface area contributed by atoms with Crippen LogP contribution in [-0.4, -0.2) is 46.3 Å². The highest BCUT2D eigenvalue weighted by Gasteiger charge is 2.26. The number of nitrogens with one attached hydrogen (secondary N) is 1. The van der Waals surface area contributed by atoms with E-state index in [0.29, 0.717) is 5.69 Å². The fourth-order valence-corrected chi connectivity index (χ4v) is 2.49. The number of amides is 1. The molecule has 1 aromatic rings. The predicted molar refractivity (Wildman–Crippen MR) is 75.2 cm³/mol. The summed E-state index contributed by atoms with van der Waals surface area (Å²) in [6, 6.07) is 6.97. The van der Waals surface area contributed by atoms with Gasteiger partial charge in [-0.2, -0.15) is 12.7 Å². The van der Waals surface area contributed by atoms with Gasteiger partial charge in [0.1, 0.15) is 6.54 Å². The maximum Gasteiger partial charge on any atom is 0.304 e. The Labute approximate surface area is 114 Å². The van der Waals surface area contributed by atoms with E-state index in [0.717, 1.165) is 14.2 Å². The molecule has 1 rings (SSSR count). The number of anilines is 1. The van der Waals surface area contributed by atoms with Crippen LogP contribution in [0.1, 0.15) is 5.56 Å². The number of likely N-dealkylation sites (N-methyl/N-ethyl adjacent to an activating group) is 1. The minimum atomic E-state index is -3.70. The fourth-order valence-electron chi connectivity index (χ4n) is 1.42. The maximum absolute atomic E-state index is 12.2. The summed E-state index contributed by atoms with van der Waals surface area (Å²) in [4.78, 5) is 11.5. The summed E-state index contributed by atoms with van der Waals surface area (Å²) in [5, 5.41) is 2.42. The van der Waals surface area contributed by atoms with Gasteiger partial charge in [0, 0.05) is 21.1 Å². The number of hydrogen-bond acceptors (Lipinski definition) is 3. The molecule has 0 fully saturated rings. The van der Waals surface area contributed by atoms with Crippen LogP contribution in [0, 0.1) is 6.92 Å². The van der Waals surface area contributed by atoms with Crippen LogP contribution in [0.4, 0.5) is 5.69 Å². The SMILES string of the molecule is CNC(=O)CN(c1ccc(C)cc1)S(=O)(=O)N(C)C. The Bertz CT molecular complexity index is 538. The third-order valence-corrected chi connectivity index (χ3v) is 4.45. The Morgan fingerprint density at radius 1 is 1.21 bits per heavy atom. The Balaban J connectivity index is 3.20. The summed E-state index contributed by atoms with van der Waals surface area (Å²) in [5.74, 6) is -0.369. The minimum absolute atomic E-state index is 0.250. The van der Waals surface area contributed by atoms with E-state index in [4.69, 9.17) is 0 Å². The molecule has 7 heteroatoms. The number of aryl methyl sites for hydroxylation is 1. The Morgan fingerprint density at radius 2 is 1.74 bits per heavy atom. The van der Waals surface area contributed by atoms with Crippen molar-refractivity contribution in [2.75, 3.05) is 32.0 Å². The molecule has 0 spiro atoms. The van der Waals surface area contributed by atoms with E-state index in [1.165, 1.54) is 21.1 Å². The number of nitrogens with zero attached hydrogens (tertiary/aromatic N) is 2. The van der Waals surface area contributed by atoms with E-state index in [-0.39, 0.29) is 12.5 Å². The molecular formula is C12H19N3O3S. The zero-order chi connectivity index (χ0) is 14.6. The highest BCUT2D eigenvalue weighted by atomic mass is 32.2. The first kappa shape index (κ1) is 15.5. The smallest absolute Gasteiger partial charge is 0.304 e. The molecule has 0 radical (unpaired) electrons. The van der Waals surface area contributed by atoms with Gasteiger partial charge in [-0.3, -0.25) is 4.79 Å². The first-order valence-corrected chi connectivity index (χ1v) is 7.16. The summed E-state index contributed by atoms with van der Waals surface area (Å²) >= 11 is 0. The average Bonchev–Trinajstić information content (AvgIpc) is 2.36. The molecule has 6 nitrogen and oxygen atoms in total. The van der Waals surface area contributed by atoms with Crippen molar-refractivity contribution in [1.29, 1.82) is 0 Å². The second kappa shape index (κ2) is 6.03. The quantitative estimate of drug-likeness (QED) is 0.849. The van der Waals surface area contributed by atoms with Crippen LogP contribution in [0.5, 0.6) is 0 Å².